The molecule has 3 N–H and O–H groups in total. The molecule has 0 saturated carbocycles. The predicted octanol–water partition coefficient (Wildman–Crippen LogP) is 1.95. The number of hydrogen-bond acceptors (Lipinski definition) is 6. The number of aromatic amines is 1. The molecule has 1 fully saturated rings. The van der Waals surface area contributed by atoms with Crippen LogP contribution in [0.25, 0.3) is 10.9 Å². The lowest BCUT2D eigenvalue weighted by Crippen LogP contribution is -2.40. The van der Waals surface area contributed by atoms with Crippen LogP contribution in [0, 0.1) is 13.8 Å². The molecule has 0 unspecified atom stereocenters. The Morgan fingerprint density at radius 2 is 2.00 bits per heavy atom. The van der Waals surface area contributed by atoms with E-state index in [1.54, 1.807) is 10.8 Å². The molecule has 1 saturated heterocycles. The zero-order chi connectivity index (χ0) is 22.5. The van der Waals surface area contributed by atoms with Crippen molar-refractivity contribution < 1.29 is 4.79 Å². The average molecular weight is 438 g/mol. The van der Waals surface area contributed by atoms with Crippen LogP contribution in [0.4, 0.5) is 5.82 Å². The SMILES string of the molecule is Cc1ccc2n[nH]c(CNCCn3c(C)cnc(NCC(=O)N4CCCCC4)c3=O)c2c1. The van der Waals surface area contributed by atoms with Gasteiger partial charge in [-0.2, -0.15) is 5.10 Å². The van der Waals surface area contributed by atoms with Gasteiger partial charge in [-0.3, -0.25) is 14.7 Å². The monoisotopic (exact) mass is 437 g/mol. The summed E-state index contributed by atoms with van der Waals surface area (Å²) in [5, 5.41) is 14.9. The molecule has 1 aliphatic heterocycles. The summed E-state index contributed by atoms with van der Waals surface area (Å²) in [6.07, 6.45) is 4.93. The van der Waals surface area contributed by atoms with Gasteiger partial charge in [0, 0.05) is 50.0 Å². The minimum atomic E-state index is -0.208. The van der Waals surface area contributed by atoms with Gasteiger partial charge in [-0.15, -0.1) is 0 Å². The number of hydrogen-bond donors (Lipinski definition) is 3. The van der Waals surface area contributed by atoms with Crippen LogP contribution in [-0.2, 0) is 17.9 Å². The van der Waals surface area contributed by atoms with Crippen molar-refractivity contribution in [3.8, 4) is 0 Å². The van der Waals surface area contributed by atoms with Crippen molar-refractivity contribution in [2.24, 2.45) is 0 Å². The molecule has 9 nitrogen and oxygen atoms in total. The molecule has 4 rings (SSSR count). The lowest BCUT2D eigenvalue weighted by atomic mass is 10.1. The van der Waals surface area contributed by atoms with Gasteiger partial charge in [0.1, 0.15) is 0 Å². The van der Waals surface area contributed by atoms with E-state index in [1.807, 2.05) is 24.0 Å². The number of carbonyl (C=O) groups excluding carboxylic acids is 1. The first-order valence-electron chi connectivity index (χ1n) is 11.3. The number of nitrogens with zero attached hydrogens (tertiary/aromatic N) is 4. The smallest absolute Gasteiger partial charge is 0.293 e. The van der Waals surface area contributed by atoms with Crippen molar-refractivity contribution in [2.45, 2.75) is 46.2 Å². The lowest BCUT2D eigenvalue weighted by molar-refractivity contribution is -0.130. The maximum Gasteiger partial charge on any atom is 0.293 e. The molecule has 0 atom stereocenters. The largest absolute Gasteiger partial charge is 0.356 e. The average Bonchev–Trinajstić information content (AvgIpc) is 3.20. The van der Waals surface area contributed by atoms with Crippen LogP contribution in [0.2, 0.25) is 0 Å². The van der Waals surface area contributed by atoms with Crippen LogP contribution in [0.3, 0.4) is 0 Å². The third-order valence-corrected chi connectivity index (χ3v) is 5.97. The van der Waals surface area contributed by atoms with E-state index in [-0.39, 0.29) is 23.8 Å². The van der Waals surface area contributed by atoms with Gasteiger partial charge in [0.15, 0.2) is 5.82 Å². The van der Waals surface area contributed by atoms with Gasteiger partial charge in [-0.25, -0.2) is 4.98 Å². The normalized spacial score (nSPS) is 14.1. The van der Waals surface area contributed by atoms with E-state index >= 15 is 0 Å². The summed E-state index contributed by atoms with van der Waals surface area (Å²) in [5.74, 6) is 0.234. The number of likely N-dealkylation sites (tertiary alicyclic amines) is 1. The summed E-state index contributed by atoms with van der Waals surface area (Å²) in [6, 6.07) is 6.18. The number of aromatic nitrogens is 4. The third kappa shape index (κ3) is 4.99. The summed E-state index contributed by atoms with van der Waals surface area (Å²) in [6.45, 7) is 7.36. The second kappa shape index (κ2) is 9.95. The fraction of sp³-hybridized carbons (Fsp3) is 0.478. The van der Waals surface area contributed by atoms with Crippen LogP contribution < -0.4 is 16.2 Å². The fourth-order valence-corrected chi connectivity index (χ4v) is 4.10. The minimum Gasteiger partial charge on any atom is -0.356 e. The third-order valence-electron chi connectivity index (χ3n) is 5.97. The molecule has 0 aliphatic carbocycles. The second-order valence-electron chi connectivity index (χ2n) is 8.40. The molecule has 3 aromatic rings. The highest BCUT2D eigenvalue weighted by molar-refractivity contribution is 5.82. The van der Waals surface area contributed by atoms with E-state index in [4.69, 9.17) is 0 Å². The van der Waals surface area contributed by atoms with E-state index < -0.39 is 0 Å². The molecule has 3 heterocycles. The van der Waals surface area contributed by atoms with E-state index in [2.05, 4.69) is 38.8 Å². The fourth-order valence-electron chi connectivity index (χ4n) is 4.10. The first-order valence-corrected chi connectivity index (χ1v) is 11.3. The summed E-state index contributed by atoms with van der Waals surface area (Å²) in [7, 11) is 0. The minimum absolute atomic E-state index is 0.0155. The van der Waals surface area contributed by atoms with Crippen molar-refractivity contribution in [3.63, 3.8) is 0 Å². The molecule has 1 aromatic carbocycles. The van der Waals surface area contributed by atoms with Crippen molar-refractivity contribution in [1.29, 1.82) is 0 Å². The Labute approximate surface area is 187 Å². The van der Waals surface area contributed by atoms with Gasteiger partial charge in [0.2, 0.25) is 5.91 Å². The Hall–Kier alpha value is -3.20. The number of piperidine rings is 1. The second-order valence-corrected chi connectivity index (χ2v) is 8.40. The molecule has 1 aliphatic rings. The zero-order valence-electron chi connectivity index (χ0n) is 18.8. The standard InChI is InChI=1S/C23H31N7O2/c1-16-6-7-19-18(12-16)20(28-27-19)14-24-8-11-30-17(2)13-25-22(23(30)32)26-15-21(31)29-9-4-3-5-10-29/h6-7,12-13,24H,3-5,8-11,14-15H2,1-2H3,(H,25,26)(H,27,28). The van der Waals surface area contributed by atoms with Crippen LogP contribution >= 0.6 is 0 Å². The van der Waals surface area contributed by atoms with Crippen molar-refractivity contribution >= 4 is 22.6 Å². The summed E-state index contributed by atoms with van der Waals surface area (Å²) >= 11 is 0. The predicted molar refractivity (Wildman–Crippen MR) is 125 cm³/mol. The lowest BCUT2D eigenvalue weighted by Gasteiger charge is -2.26. The van der Waals surface area contributed by atoms with Gasteiger partial charge < -0.3 is 20.1 Å². The Kier molecular flexibility index (Phi) is 6.84. The molecular formula is C23H31N7O2. The molecule has 0 bridgehead atoms. The number of H-pyrrole nitrogens is 1. The highest BCUT2D eigenvalue weighted by Crippen LogP contribution is 2.17. The van der Waals surface area contributed by atoms with Crippen LogP contribution in [0.1, 0.15) is 36.2 Å². The van der Waals surface area contributed by atoms with E-state index in [1.165, 1.54) is 12.0 Å². The molecule has 2 aromatic heterocycles. The van der Waals surface area contributed by atoms with E-state index in [0.29, 0.717) is 19.6 Å². The Morgan fingerprint density at radius 3 is 2.81 bits per heavy atom. The summed E-state index contributed by atoms with van der Waals surface area (Å²) < 4.78 is 1.68. The summed E-state index contributed by atoms with van der Waals surface area (Å²) in [4.78, 5) is 31.3. The topological polar surface area (TPSA) is 108 Å². The molecule has 0 radical (unpaired) electrons. The van der Waals surface area contributed by atoms with Crippen molar-refractivity contribution in [3.05, 3.63) is 51.7 Å². The molecule has 9 heteroatoms. The van der Waals surface area contributed by atoms with Gasteiger partial charge in [-0.05, 0) is 45.2 Å². The molecular weight excluding hydrogens is 406 g/mol. The van der Waals surface area contributed by atoms with Crippen molar-refractivity contribution in [1.82, 2.24) is 30.0 Å². The highest BCUT2D eigenvalue weighted by atomic mass is 16.2. The number of fused-ring (bicyclic) bond motifs is 1. The van der Waals surface area contributed by atoms with Crippen LogP contribution in [0.5, 0.6) is 0 Å². The maximum atomic E-state index is 12.9. The first-order chi connectivity index (χ1) is 15.5. The number of aryl methyl sites for hydroxylation is 2. The quantitative estimate of drug-likeness (QED) is 0.465. The first kappa shape index (κ1) is 22.0. The summed E-state index contributed by atoms with van der Waals surface area (Å²) in [5.41, 5.74) is 3.75. The number of anilines is 1. The van der Waals surface area contributed by atoms with Gasteiger partial charge in [-0.1, -0.05) is 11.6 Å². The number of carbonyl (C=O) groups is 1. The molecule has 0 spiro atoms. The Balaban J connectivity index is 1.33. The Bertz CT molecular complexity index is 1140. The number of rotatable bonds is 8. The van der Waals surface area contributed by atoms with E-state index in [9.17, 15) is 9.59 Å². The number of benzene rings is 1. The zero-order valence-corrected chi connectivity index (χ0v) is 18.8. The van der Waals surface area contributed by atoms with Crippen molar-refractivity contribution in [2.75, 3.05) is 31.5 Å². The molecule has 170 valence electrons. The number of amides is 1. The maximum absolute atomic E-state index is 12.9. The van der Waals surface area contributed by atoms with Crippen LogP contribution in [0.15, 0.2) is 29.2 Å². The molecule has 1 amide bonds. The Morgan fingerprint density at radius 1 is 1.19 bits per heavy atom. The number of nitrogens with one attached hydrogen (secondary N) is 3. The van der Waals surface area contributed by atoms with Crippen LogP contribution in [-0.4, -0.2) is 56.7 Å². The van der Waals surface area contributed by atoms with E-state index in [0.717, 1.165) is 48.2 Å². The highest BCUT2D eigenvalue weighted by Gasteiger charge is 2.17. The van der Waals surface area contributed by atoms with Gasteiger partial charge in [0.05, 0.1) is 17.8 Å². The molecule has 32 heavy (non-hydrogen) atoms. The van der Waals surface area contributed by atoms with Gasteiger partial charge in [0.25, 0.3) is 5.56 Å². The van der Waals surface area contributed by atoms with Gasteiger partial charge >= 0.3 is 0 Å².